The van der Waals surface area contributed by atoms with Crippen molar-refractivity contribution in [3.8, 4) is 0 Å². The monoisotopic (exact) mass is 414 g/mol. The molecule has 4 aliphatic carbocycles. The van der Waals surface area contributed by atoms with Gasteiger partial charge in [0.2, 0.25) is 0 Å². The van der Waals surface area contributed by atoms with Gasteiger partial charge >= 0.3 is 0 Å². The van der Waals surface area contributed by atoms with Crippen LogP contribution in [0.3, 0.4) is 0 Å². The molecule has 11 atom stereocenters. The average Bonchev–Trinajstić information content (AvgIpc) is 3.16. The van der Waals surface area contributed by atoms with E-state index in [2.05, 4.69) is 33.8 Å². The zero-order chi connectivity index (χ0) is 20.9. The minimum atomic E-state index is -0.294. The Hall–Kier alpha value is -0.380. The standard InChI is InChI=1S/C27H42O3/c1-16-7-12-27(29-15-16)17(2)24-23(30-27)14-22-20-6-5-18-13-19(28)8-10-25(18,3)21(20)9-11-26(22,24)4/h5,16-17,19-24,28H,6-15H2,1-4H3/t16-,17+,19+,20-,21+,22-,23+,24-,25+,26+,27-/m1/s1. The van der Waals surface area contributed by atoms with Gasteiger partial charge in [0.05, 0.1) is 18.8 Å². The van der Waals surface area contributed by atoms with E-state index < -0.39 is 0 Å². The van der Waals surface area contributed by atoms with Gasteiger partial charge in [0.15, 0.2) is 5.79 Å². The molecule has 0 radical (unpaired) electrons. The molecule has 2 saturated heterocycles. The third kappa shape index (κ3) is 2.55. The van der Waals surface area contributed by atoms with Crippen LogP contribution >= 0.6 is 0 Å². The summed E-state index contributed by atoms with van der Waals surface area (Å²) in [5.41, 5.74) is 2.31. The third-order valence-electron chi connectivity index (χ3n) is 11.3. The predicted molar refractivity (Wildman–Crippen MR) is 118 cm³/mol. The van der Waals surface area contributed by atoms with E-state index in [0.29, 0.717) is 34.7 Å². The quantitative estimate of drug-likeness (QED) is 0.516. The van der Waals surface area contributed by atoms with Crippen LogP contribution in [0, 0.1) is 46.3 Å². The van der Waals surface area contributed by atoms with Crippen molar-refractivity contribution >= 4 is 0 Å². The van der Waals surface area contributed by atoms with Crippen LogP contribution in [0.15, 0.2) is 11.6 Å². The van der Waals surface area contributed by atoms with E-state index in [0.717, 1.165) is 43.6 Å². The number of hydrogen-bond acceptors (Lipinski definition) is 3. The Kier molecular flexibility index (Phi) is 4.44. The lowest BCUT2D eigenvalue weighted by Crippen LogP contribution is -2.52. The molecule has 6 aliphatic rings. The zero-order valence-corrected chi connectivity index (χ0v) is 19.5. The molecule has 0 amide bonds. The summed E-state index contributed by atoms with van der Waals surface area (Å²) in [6, 6.07) is 0. The number of aliphatic hydroxyl groups excluding tert-OH is 1. The van der Waals surface area contributed by atoms with Crippen molar-refractivity contribution in [2.45, 2.75) is 103 Å². The number of rotatable bonds is 0. The fourth-order valence-electron chi connectivity index (χ4n) is 9.66. The molecule has 0 aromatic heterocycles. The van der Waals surface area contributed by atoms with Crippen molar-refractivity contribution in [2.75, 3.05) is 6.61 Å². The Morgan fingerprint density at radius 3 is 2.63 bits per heavy atom. The van der Waals surface area contributed by atoms with Crippen LogP contribution < -0.4 is 0 Å². The lowest BCUT2D eigenvalue weighted by atomic mass is 9.47. The van der Waals surface area contributed by atoms with Gasteiger partial charge in [0.25, 0.3) is 0 Å². The molecule has 168 valence electrons. The molecular formula is C27H42O3. The van der Waals surface area contributed by atoms with Crippen molar-refractivity contribution in [1.82, 2.24) is 0 Å². The Labute approximate surface area is 183 Å². The summed E-state index contributed by atoms with van der Waals surface area (Å²) in [4.78, 5) is 0. The molecule has 0 bridgehead atoms. The molecule has 0 unspecified atom stereocenters. The van der Waals surface area contributed by atoms with E-state index in [1.807, 2.05) is 0 Å². The lowest BCUT2D eigenvalue weighted by Gasteiger charge is -2.58. The van der Waals surface area contributed by atoms with Crippen LogP contribution in [0.2, 0.25) is 0 Å². The van der Waals surface area contributed by atoms with Crippen LogP contribution in [0.25, 0.3) is 0 Å². The number of ether oxygens (including phenoxy) is 2. The first-order valence-electron chi connectivity index (χ1n) is 13.0. The van der Waals surface area contributed by atoms with Crippen molar-refractivity contribution in [3.05, 3.63) is 11.6 Å². The maximum atomic E-state index is 10.3. The highest BCUT2D eigenvalue weighted by Gasteiger charge is 2.68. The van der Waals surface area contributed by atoms with Gasteiger partial charge in [-0.15, -0.1) is 0 Å². The van der Waals surface area contributed by atoms with Gasteiger partial charge in [-0.2, -0.15) is 0 Å². The zero-order valence-electron chi connectivity index (χ0n) is 19.5. The molecule has 1 N–H and O–H groups in total. The highest BCUT2D eigenvalue weighted by Crippen LogP contribution is 2.70. The summed E-state index contributed by atoms with van der Waals surface area (Å²) in [5.74, 6) is 3.94. The number of aliphatic hydroxyl groups is 1. The summed E-state index contributed by atoms with van der Waals surface area (Å²) < 4.78 is 13.3. The van der Waals surface area contributed by atoms with E-state index in [1.54, 1.807) is 5.57 Å². The molecule has 30 heavy (non-hydrogen) atoms. The highest BCUT2D eigenvalue weighted by molar-refractivity contribution is 5.26. The number of hydrogen-bond donors (Lipinski definition) is 1. The van der Waals surface area contributed by atoms with Crippen molar-refractivity contribution < 1.29 is 14.6 Å². The second-order valence-corrected chi connectivity index (χ2v) is 12.7. The maximum Gasteiger partial charge on any atom is 0.171 e. The minimum Gasteiger partial charge on any atom is -0.393 e. The SMILES string of the molecule is C[C@@H]1CC[C@@]2(OC1)O[C@H]1C[C@@H]3[C@@H]4CC=C5C[C@@H](O)CC[C@]5(C)[C@H]4CC[C@]3(C)[C@@H]1[C@@H]2C. The summed E-state index contributed by atoms with van der Waals surface area (Å²) in [6.45, 7) is 10.8. The largest absolute Gasteiger partial charge is 0.393 e. The predicted octanol–water partition coefficient (Wildman–Crippen LogP) is 5.71. The Morgan fingerprint density at radius 1 is 1.03 bits per heavy atom. The molecule has 3 saturated carbocycles. The molecular weight excluding hydrogens is 372 g/mol. The van der Waals surface area contributed by atoms with Gasteiger partial charge in [-0.25, -0.2) is 0 Å². The second-order valence-electron chi connectivity index (χ2n) is 12.7. The van der Waals surface area contributed by atoms with Gasteiger partial charge in [0.1, 0.15) is 0 Å². The first-order chi connectivity index (χ1) is 14.3. The van der Waals surface area contributed by atoms with E-state index >= 15 is 0 Å². The van der Waals surface area contributed by atoms with Gasteiger partial charge < -0.3 is 14.6 Å². The van der Waals surface area contributed by atoms with Crippen LogP contribution in [0.1, 0.15) is 85.5 Å². The van der Waals surface area contributed by atoms with E-state index in [4.69, 9.17) is 9.47 Å². The topological polar surface area (TPSA) is 38.7 Å². The Bertz CT molecular complexity index is 736. The molecule has 5 fully saturated rings. The molecule has 3 heteroatoms. The van der Waals surface area contributed by atoms with E-state index in [9.17, 15) is 5.11 Å². The highest BCUT2D eigenvalue weighted by atomic mass is 16.7. The van der Waals surface area contributed by atoms with Crippen LogP contribution in [0.5, 0.6) is 0 Å². The summed E-state index contributed by atoms with van der Waals surface area (Å²) in [5, 5.41) is 10.3. The molecule has 1 spiro atoms. The van der Waals surface area contributed by atoms with Crippen LogP contribution in [0.4, 0.5) is 0 Å². The average molecular weight is 415 g/mol. The van der Waals surface area contributed by atoms with Gasteiger partial charge in [-0.3, -0.25) is 0 Å². The fraction of sp³-hybridized carbons (Fsp3) is 0.926. The Balaban J connectivity index is 1.28. The minimum absolute atomic E-state index is 0.107. The Morgan fingerprint density at radius 2 is 1.87 bits per heavy atom. The first kappa shape index (κ1) is 20.2. The fourth-order valence-corrected chi connectivity index (χ4v) is 9.66. The molecule has 0 aromatic rings. The summed E-state index contributed by atoms with van der Waals surface area (Å²) in [6.07, 6.45) is 13.5. The first-order valence-corrected chi connectivity index (χ1v) is 13.0. The lowest BCUT2D eigenvalue weighted by molar-refractivity contribution is -0.272. The van der Waals surface area contributed by atoms with Gasteiger partial charge in [0, 0.05) is 12.3 Å². The second kappa shape index (κ2) is 6.58. The summed E-state index contributed by atoms with van der Waals surface area (Å²) >= 11 is 0. The molecule has 0 aromatic carbocycles. The van der Waals surface area contributed by atoms with E-state index in [1.165, 1.54) is 38.5 Å². The van der Waals surface area contributed by atoms with Crippen molar-refractivity contribution in [2.24, 2.45) is 46.3 Å². The number of fused-ring (bicyclic) bond motifs is 7. The smallest absolute Gasteiger partial charge is 0.171 e. The molecule has 6 rings (SSSR count). The maximum absolute atomic E-state index is 10.3. The van der Waals surface area contributed by atoms with Crippen molar-refractivity contribution in [3.63, 3.8) is 0 Å². The summed E-state index contributed by atoms with van der Waals surface area (Å²) in [7, 11) is 0. The van der Waals surface area contributed by atoms with Gasteiger partial charge in [-0.05, 0) is 91.8 Å². The van der Waals surface area contributed by atoms with Crippen LogP contribution in [-0.4, -0.2) is 29.7 Å². The van der Waals surface area contributed by atoms with E-state index in [-0.39, 0.29) is 11.9 Å². The van der Waals surface area contributed by atoms with Crippen LogP contribution in [-0.2, 0) is 9.47 Å². The van der Waals surface area contributed by atoms with Crippen molar-refractivity contribution in [1.29, 1.82) is 0 Å². The molecule has 2 aliphatic heterocycles. The van der Waals surface area contributed by atoms with Gasteiger partial charge in [-0.1, -0.05) is 39.3 Å². The number of allylic oxidation sites excluding steroid dienone is 1. The molecule has 3 nitrogen and oxygen atoms in total. The normalized spacial score (nSPS) is 59.8. The third-order valence-corrected chi connectivity index (χ3v) is 11.3. The molecule has 2 heterocycles.